The quantitative estimate of drug-likeness (QED) is 0.613. The lowest BCUT2D eigenvalue weighted by Gasteiger charge is -2.06. The van der Waals surface area contributed by atoms with Gasteiger partial charge in [0.2, 0.25) is 5.88 Å². The van der Waals surface area contributed by atoms with E-state index in [0.29, 0.717) is 35.2 Å². The van der Waals surface area contributed by atoms with E-state index in [1.165, 1.54) is 14.2 Å². The summed E-state index contributed by atoms with van der Waals surface area (Å²) in [5.74, 6) is 1.23. The molecule has 0 spiro atoms. The largest absolute Gasteiger partial charge is 0.481 e. The summed E-state index contributed by atoms with van der Waals surface area (Å²) in [4.78, 5) is 20.2. The molecule has 2 aromatic rings. The number of hydrogen-bond acceptors (Lipinski definition) is 5. The standard InChI is InChI=1S/C12H14ClN3O3/c1-18-10-4-3-8-12(15-10)16(7-11(17)19-2)9(14-8)5-6-13/h3-4H,5-7H2,1-2H3. The third kappa shape index (κ3) is 2.78. The number of imidazole rings is 1. The fourth-order valence-corrected chi connectivity index (χ4v) is 1.95. The second-order valence-corrected chi connectivity index (χ2v) is 4.20. The highest BCUT2D eigenvalue weighted by Crippen LogP contribution is 2.18. The molecular weight excluding hydrogens is 270 g/mol. The van der Waals surface area contributed by atoms with E-state index in [0.717, 1.165) is 0 Å². The topological polar surface area (TPSA) is 66.2 Å². The fourth-order valence-electron chi connectivity index (χ4n) is 1.78. The molecule has 2 aromatic heterocycles. The molecule has 19 heavy (non-hydrogen) atoms. The number of methoxy groups -OCH3 is 2. The van der Waals surface area contributed by atoms with E-state index in [9.17, 15) is 4.79 Å². The Morgan fingerprint density at radius 1 is 1.37 bits per heavy atom. The monoisotopic (exact) mass is 283 g/mol. The summed E-state index contributed by atoms with van der Waals surface area (Å²) >= 11 is 5.75. The lowest BCUT2D eigenvalue weighted by molar-refractivity contribution is -0.141. The van der Waals surface area contributed by atoms with Gasteiger partial charge in [0.05, 0.1) is 14.2 Å². The number of alkyl halides is 1. The number of ether oxygens (including phenoxy) is 2. The van der Waals surface area contributed by atoms with Crippen LogP contribution in [0.1, 0.15) is 5.82 Å². The highest BCUT2D eigenvalue weighted by Gasteiger charge is 2.15. The fraction of sp³-hybridized carbons (Fsp3) is 0.417. The maximum Gasteiger partial charge on any atom is 0.325 e. The van der Waals surface area contributed by atoms with Crippen LogP contribution in [0, 0.1) is 0 Å². The van der Waals surface area contributed by atoms with E-state index >= 15 is 0 Å². The molecule has 2 rings (SSSR count). The molecule has 0 saturated heterocycles. The van der Waals surface area contributed by atoms with E-state index in [2.05, 4.69) is 14.7 Å². The Hall–Kier alpha value is -1.82. The average molecular weight is 284 g/mol. The van der Waals surface area contributed by atoms with Gasteiger partial charge >= 0.3 is 5.97 Å². The van der Waals surface area contributed by atoms with Crippen LogP contribution in [0.5, 0.6) is 5.88 Å². The summed E-state index contributed by atoms with van der Waals surface area (Å²) < 4.78 is 11.5. The number of carbonyl (C=O) groups is 1. The van der Waals surface area contributed by atoms with Crippen molar-refractivity contribution in [3.8, 4) is 5.88 Å². The first kappa shape index (κ1) is 13.6. The van der Waals surface area contributed by atoms with Crippen molar-refractivity contribution in [2.24, 2.45) is 0 Å². The van der Waals surface area contributed by atoms with Crippen LogP contribution in [-0.2, 0) is 22.5 Å². The van der Waals surface area contributed by atoms with Crippen molar-refractivity contribution in [3.63, 3.8) is 0 Å². The van der Waals surface area contributed by atoms with Gasteiger partial charge in [0.1, 0.15) is 17.9 Å². The SMILES string of the molecule is COC(=O)Cn1c(CCCl)nc2ccc(OC)nc21. The number of rotatable bonds is 5. The molecular formula is C12H14ClN3O3. The zero-order chi connectivity index (χ0) is 13.8. The highest BCUT2D eigenvalue weighted by atomic mass is 35.5. The molecule has 0 bridgehead atoms. The van der Waals surface area contributed by atoms with Crippen LogP contribution in [-0.4, -0.2) is 40.6 Å². The Kier molecular flexibility index (Phi) is 4.21. The van der Waals surface area contributed by atoms with Gasteiger partial charge in [0, 0.05) is 18.4 Å². The lowest BCUT2D eigenvalue weighted by Crippen LogP contribution is -2.15. The molecule has 0 N–H and O–H groups in total. The first-order valence-electron chi connectivity index (χ1n) is 5.72. The number of hydrogen-bond donors (Lipinski definition) is 0. The molecule has 0 amide bonds. The molecule has 6 nitrogen and oxygen atoms in total. The van der Waals surface area contributed by atoms with Crippen molar-refractivity contribution in [3.05, 3.63) is 18.0 Å². The molecule has 0 aromatic carbocycles. The number of nitrogens with zero attached hydrogens (tertiary/aromatic N) is 3. The van der Waals surface area contributed by atoms with Gasteiger partial charge in [-0.05, 0) is 6.07 Å². The summed E-state index contributed by atoms with van der Waals surface area (Å²) in [5, 5.41) is 0. The second-order valence-electron chi connectivity index (χ2n) is 3.83. The Labute approximate surface area is 115 Å². The normalized spacial score (nSPS) is 10.7. The van der Waals surface area contributed by atoms with Gasteiger partial charge in [-0.2, -0.15) is 4.98 Å². The minimum atomic E-state index is -0.361. The lowest BCUT2D eigenvalue weighted by atomic mass is 10.4. The van der Waals surface area contributed by atoms with Crippen molar-refractivity contribution in [1.29, 1.82) is 0 Å². The summed E-state index contributed by atoms with van der Waals surface area (Å²) in [7, 11) is 2.88. The zero-order valence-electron chi connectivity index (χ0n) is 10.7. The molecule has 0 aliphatic rings. The highest BCUT2D eigenvalue weighted by molar-refractivity contribution is 6.17. The van der Waals surface area contributed by atoms with Crippen LogP contribution >= 0.6 is 11.6 Å². The molecule has 0 unspecified atom stereocenters. The molecule has 0 aliphatic heterocycles. The van der Waals surface area contributed by atoms with Crippen molar-refractivity contribution in [2.45, 2.75) is 13.0 Å². The molecule has 102 valence electrons. The predicted molar refractivity (Wildman–Crippen MR) is 70.5 cm³/mol. The van der Waals surface area contributed by atoms with Crippen LogP contribution in [0.25, 0.3) is 11.2 Å². The van der Waals surface area contributed by atoms with Crippen molar-refractivity contribution in [1.82, 2.24) is 14.5 Å². The van der Waals surface area contributed by atoms with E-state index in [-0.39, 0.29) is 12.5 Å². The summed E-state index contributed by atoms with van der Waals surface area (Å²) in [6.07, 6.45) is 0.553. The Morgan fingerprint density at radius 3 is 2.79 bits per heavy atom. The minimum Gasteiger partial charge on any atom is -0.481 e. The Morgan fingerprint density at radius 2 is 2.16 bits per heavy atom. The third-order valence-electron chi connectivity index (χ3n) is 2.69. The second kappa shape index (κ2) is 5.88. The van der Waals surface area contributed by atoms with Crippen LogP contribution < -0.4 is 4.74 Å². The van der Waals surface area contributed by atoms with Crippen molar-refractivity contribution in [2.75, 3.05) is 20.1 Å². The summed E-state index contributed by atoms with van der Waals surface area (Å²) in [6.45, 7) is 0.0550. The number of fused-ring (bicyclic) bond motifs is 1. The number of esters is 1. The van der Waals surface area contributed by atoms with E-state index in [1.807, 2.05) is 0 Å². The number of pyridine rings is 1. The molecule has 0 atom stereocenters. The molecule has 0 aliphatic carbocycles. The number of aromatic nitrogens is 3. The number of carbonyl (C=O) groups excluding carboxylic acids is 1. The Balaban J connectivity index is 2.52. The third-order valence-corrected chi connectivity index (χ3v) is 2.88. The van der Waals surface area contributed by atoms with Crippen LogP contribution in [0.4, 0.5) is 0 Å². The average Bonchev–Trinajstić information content (AvgIpc) is 2.76. The van der Waals surface area contributed by atoms with Crippen molar-refractivity contribution < 1.29 is 14.3 Å². The molecule has 7 heteroatoms. The zero-order valence-corrected chi connectivity index (χ0v) is 11.5. The molecule has 0 fully saturated rings. The smallest absolute Gasteiger partial charge is 0.325 e. The van der Waals surface area contributed by atoms with Crippen LogP contribution in [0.15, 0.2) is 12.1 Å². The maximum absolute atomic E-state index is 11.5. The van der Waals surface area contributed by atoms with Gasteiger partial charge in [-0.1, -0.05) is 0 Å². The van der Waals surface area contributed by atoms with E-state index in [1.54, 1.807) is 16.7 Å². The van der Waals surface area contributed by atoms with Gasteiger partial charge in [-0.3, -0.25) is 4.79 Å². The predicted octanol–water partition coefficient (Wildman–Crippen LogP) is 1.39. The van der Waals surface area contributed by atoms with Gasteiger partial charge in [-0.15, -0.1) is 11.6 Å². The Bertz CT molecular complexity index is 597. The van der Waals surface area contributed by atoms with Gasteiger partial charge in [0.25, 0.3) is 0 Å². The molecule has 2 heterocycles. The molecule has 0 radical (unpaired) electrons. The first-order valence-corrected chi connectivity index (χ1v) is 6.26. The van der Waals surface area contributed by atoms with Crippen molar-refractivity contribution >= 4 is 28.7 Å². The van der Waals surface area contributed by atoms with Gasteiger partial charge in [-0.25, -0.2) is 4.98 Å². The van der Waals surface area contributed by atoms with E-state index in [4.69, 9.17) is 16.3 Å². The summed E-state index contributed by atoms with van der Waals surface area (Å²) in [5.41, 5.74) is 1.29. The van der Waals surface area contributed by atoms with Crippen LogP contribution in [0.3, 0.4) is 0 Å². The maximum atomic E-state index is 11.5. The number of halogens is 1. The van der Waals surface area contributed by atoms with Gasteiger partial charge in [0.15, 0.2) is 5.65 Å². The van der Waals surface area contributed by atoms with Crippen LogP contribution in [0.2, 0.25) is 0 Å². The first-order chi connectivity index (χ1) is 9.19. The minimum absolute atomic E-state index is 0.0550. The summed E-state index contributed by atoms with van der Waals surface area (Å²) in [6, 6.07) is 3.52. The number of aryl methyl sites for hydroxylation is 1. The van der Waals surface area contributed by atoms with Gasteiger partial charge < -0.3 is 14.0 Å². The van der Waals surface area contributed by atoms with E-state index < -0.39 is 0 Å². The molecule has 0 saturated carbocycles.